The van der Waals surface area contributed by atoms with Gasteiger partial charge < -0.3 is 4.74 Å². The van der Waals surface area contributed by atoms with Gasteiger partial charge in [-0.05, 0) is 50.7 Å². The Morgan fingerprint density at radius 1 is 1.21 bits per heavy atom. The van der Waals surface area contributed by atoms with Gasteiger partial charge in [0.05, 0.1) is 12.1 Å². The number of esters is 1. The number of nitrogens with zero attached hydrogens (tertiary/aromatic N) is 1. The molecule has 0 N–H and O–H groups in total. The van der Waals surface area contributed by atoms with Crippen LogP contribution in [0.2, 0.25) is 0 Å². The maximum Gasteiger partial charge on any atom is 0.314 e. The van der Waals surface area contributed by atoms with E-state index in [0.29, 0.717) is 5.75 Å². The lowest BCUT2D eigenvalue weighted by atomic mass is 9.83. The maximum atomic E-state index is 11.9. The standard InChI is InChI=1S/C14H19NO2.C2H6/c1-10-3-6-12(7-4-10)14(16)17-13-8-5-11(2)15-9-13;1-2/h5,8-10,12H,3-4,6-7H2,1-2H3;1-2H3. The minimum atomic E-state index is -0.0949. The van der Waals surface area contributed by atoms with Crippen molar-refractivity contribution in [2.75, 3.05) is 0 Å². The highest BCUT2D eigenvalue weighted by Gasteiger charge is 2.25. The fourth-order valence-corrected chi connectivity index (χ4v) is 2.21. The number of carbonyl (C=O) groups excluding carboxylic acids is 1. The van der Waals surface area contributed by atoms with Crippen LogP contribution in [0.4, 0.5) is 0 Å². The third-order valence-corrected chi connectivity index (χ3v) is 3.45. The molecule has 1 aliphatic rings. The van der Waals surface area contributed by atoms with E-state index in [1.54, 1.807) is 12.3 Å². The van der Waals surface area contributed by atoms with E-state index in [1.165, 1.54) is 0 Å². The molecule has 3 nitrogen and oxygen atoms in total. The van der Waals surface area contributed by atoms with E-state index < -0.39 is 0 Å². The highest BCUT2D eigenvalue weighted by Crippen LogP contribution is 2.29. The Morgan fingerprint density at radius 2 is 1.84 bits per heavy atom. The predicted octanol–water partition coefficient (Wildman–Crippen LogP) is 4.15. The van der Waals surface area contributed by atoms with E-state index >= 15 is 0 Å². The zero-order valence-corrected chi connectivity index (χ0v) is 12.5. The number of aryl methyl sites for hydroxylation is 1. The molecular formula is C16H25NO2. The molecule has 0 radical (unpaired) electrons. The predicted molar refractivity (Wildman–Crippen MR) is 77.1 cm³/mol. The molecule has 0 unspecified atom stereocenters. The van der Waals surface area contributed by atoms with Crippen LogP contribution in [0, 0.1) is 18.8 Å². The third kappa shape index (κ3) is 5.01. The third-order valence-electron chi connectivity index (χ3n) is 3.45. The molecule has 1 fully saturated rings. The minimum Gasteiger partial charge on any atom is -0.425 e. The number of aromatic nitrogens is 1. The van der Waals surface area contributed by atoms with Gasteiger partial charge in [0.15, 0.2) is 0 Å². The van der Waals surface area contributed by atoms with E-state index in [4.69, 9.17) is 4.74 Å². The van der Waals surface area contributed by atoms with Crippen LogP contribution < -0.4 is 4.74 Å². The molecular weight excluding hydrogens is 238 g/mol. The van der Waals surface area contributed by atoms with Gasteiger partial charge in [-0.3, -0.25) is 9.78 Å². The van der Waals surface area contributed by atoms with Crippen molar-refractivity contribution in [3.8, 4) is 5.75 Å². The van der Waals surface area contributed by atoms with E-state index in [2.05, 4.69) is 11.9 Å². The first-order chi connectivity index (χ1) is 9.15. The molecule has 0 amide bonds. The van der Waals surface area contributed by atoms with E-state index in [0.717, 1.165) is 37.3 Å². The van der Waals surface area contributed by atoms with Gasteiger partial charge in [0.1, 0.15) is 5.75 Å². The smallest absolute Gasteiger partial charge is 0.314 e. The quantitative estimate of drug-likeness (QED) is 0.752. The summed E-state index contributed by atoms with van der Waals surface area (Å²) in [5.74, 6) is 1.29. The number of rotatable bonds is 2. The zero-order valence-electron chi connectivity index (χ0n) is 12.5. The van der Waals surface area contributed by atoms with Gasteiger partial charge in [-0.15, -0.1) is 0 Å². The molecule has 1 saturated carbocycles. The Hall–Kier alpha value is -1.38. The maximum absolute atomic E-state index is 11.9. The number of hydrogen-bond acceptors (Lipinski definition) is 3. The summed E-state index contributed by atoms with van der Waals surface area (Å²) in [6.07, 6.45) is 5.79. The largest absolute Gasteiger partial charge is 0.425 e. The molecule has 1 aromatic heterocycles. The molecule has 0 aliphatic heterocycles. The van der Waals surface area contributed by atoms with Crippen molar-refractivity contribution in [2.24, 2.45) is 11.8 Å². The molecule has 2 rings (SSSR count). The second kappa shape index (κ2) is 7.93. The SMILES string of the molecule is CC.Cc1ccc(OC(=O)C2CCC(C)CC2)cn1. The number of carbonyl (C=O) groups is 1. The van der Waals surface area contributed by atoms with Crippen molar-refractivity contribution in [2.45, 2.75) is 53.4 Å². The molecule has 0 saturated heterocycles. The number of ether oxygens (including phenoxy) is 1. The Kier molecular flexibility index (Phi) is 6.54. The number of hydrogen-bond donors (Lipinski definition) is 0. The minimum absolute atomic E-state index is 0.0764. The van der Waals surface area contributed by atoms with Crippen molar-refractivity contribution in [3.05, 3.63) is 24.0 Å². The Balaban J connectivity index is 0.000000861. The van der Waals surface area contributed by atoms with E-state index in [1.807, 2.05) is 26.8 Å². The summed E-state index contributed by atoms with van der Waals surface area (Å²) in [6, 6.07) is 3.65. The summed E-state index contributed by atoms with van der Waals surface area (Å²) >= 11 is 0. The highest BCUT2D eigenvalue weighted by molar-refractivity contribution is 5.75. The normalized spacial score (nSPS) is 22.1. The van der Waals surface area contributed by atoms with Crippen molar-refractivity contribution < 1.29 is 9.53 Å². The van der Waals surface area contributed by atoms with Gasteiger partial charge in [-0.2, -0.15) is 0 Å². The number of pyridine rings is 1. The molecule has 0 bridgehead atoms. The van der Waals surface area contributed by atoms with Crippen LogP contribution in [-0.4, -0.2) is 11.0 Å². The first kappa shape index (κ1) is 15.7. The van der Waals surface area contributed by atoms with E-state index in [9.17, 15) is 4.79 Å². The summed E-state index contributed by atoms with van der Waals surface area (Å²) in [5, 5.41) is 0. The van der Waals surface area contributed by atoms with Gasteiger partial charge in [0.2, 0.25) is 0 Å². The molecule has 1 aliphatic carbocycles. The van der Waals surface area contributed by atoms with Crippen LogP contribution in [0.15, 0.2) is 18.3 Å². The lowest BCUT2D eigenvalue weighted by Gasteiger charge is -2.24. The van der Waals surface area contributed by atoms with Gasteiger partial charge in [-0.1, -0.05) is 20.8 Å². The molecule has 0 spiro atoms. The summed E-state index contributed by atoms with van der Waals surface area (Å²) in [7, 11) is 0. The molecule has 0 atom stereocenters. The first-order valence-electron chi connectivity index (χ1n) is 7.29. The van der Waals surface area contributed by atoms with Crippen LogP contribution in [0.3, 0.4) is 0 Å². The van der Waals surface area contributed by atoms with Gasteiger partial charge in [-0.25, -0.2) is 0 Å². The van der Waals surface area contributed by atoms with Crippen LogP contribution >= 0.6 is 0 Å². The average molecular weight is 263 g/mol. The van der Waals surface area contributed by atoms with E-state index in [-0.39, 0.29) is 11.9 Å². The van der Waals surface area contributed by atoms with Crippen LogP contribution in [-0.2, 0) is 4.79 Å². The van der Waals surface area contributed by atoms with Crippen LogP contribution in [0.1, 0.15) is 52.1 Å². The van der Waals surface area contributed by atoms with Crippen molar-refractivity contribution in [3.63, 3.8) is 0 Å². The van der Waals surface area contributed by atoms with Crippen molar-refractivity contribution >= 4 is 5.97 Å². The average Bonchev–Trinajstić information content (AvgIpc) is 2.44. The Labute approximate surface area is 116 Å². The fraction of sp³-hybridized carbons (Fsp3) is 0.625. The second-order valence-electron chi connectivity index (χ2n) is 5.01. The molecule has 0 aromatic carbocycles. The van der Waals surface area contributed by atoms with Crippen molar-refractivity contribution in [1.29, 1.82) is 0 Å². The molecule has 1 heterocycles. The lowest BCUT2D eigenvalue weighted by Crippen LogP contribution is -2.25. The lowest BCUT2D eigenvalue weighted by molar-refractivity contribution is -0.140. The highest BCUT2D eigenvalue weighted by atomic mass is 16.5. The molecule has 106 valence electrons. The van der Waals surface area contributed by atoms with Crippen molar-refractivity contribution in [1.82, 2.24) is 4.98 Å². The van der Waals surface area contributed by atoms with Gasteiger partial charge >= 0.3 is 5.97 Å². The summed E-state index contributed by atoms with van der Waals surface area (Å²) in [4.78, 5) is 16.0. The monoisotopic (exact) mass is 263 g/mol. The molecule has 19 heavy (non-hydrogen) atoms. The van der Waals surface area contributed by atoms with Gasteiger partial charge in [0.25, 0.3) is 0 Å². The Bertz CT molecular complexity index is 378. The van der Waals surface area contributed by atoms with Crippen LogP contribution in [0.5, 0.6) is 5.75 Å². The zero-order chi connectivity index (χ0) is 14.3. The van der Waals surface area contributed by atoms with Crippen LogP contribution in [0.25, 0.3) is 0 Å². The summed E-state index contributed by atoms with van der Waals surface area (Å²) in [5.41, 5.74) is 0.927. The molecule has 1 aromatic rings. The first-order valence-corrected chi connectivity index (χ1v) is 7.29. The fourth-order valence-electron chi connectivity index (χ4n) is 2.21. The van der Waals surface area contributed by atoms with Gasteiger partial charge in [0, 0.05) is 5.69 Å². The molecule has 3 heteroatoms. The second-order valence-corrected chi connectivity index (χ2v) is 5.01. The Morgan fingerprint density at radius 3 is 2.37 bits per heavy atom. The topological polar surface area (TPSA) is 39.2 Å². The summed E-state index contributed by atoms with van der Waals surface area (Å²) in [6.45, 7) is 8.15. The summed E-state index contributed by atoms with van der Waals surface area (Å²) < 4.78 is 5.34.